The molecule has 158 valence electrons. The lowest BCUT2D eigenvalue weighted by atomic mass is 10.0. The van der Waals surface area contributed by atoms with E-state index in [9.17, 15) is 14.7 Å². The third kappa shape index (κ3) is 3.91. The number of hydrogen-bond acceptors (Lipinski definition) is 5. The van der Waals surface area contributed by atoms with Crippen molar-refractivity contribution in [3.05, 3.63) is 58.0 Å². The van der Waals surface area contributed by atoms with Crippen LogP contribution in [0, 0.1) is 0 Å². The minimum Gasteiger partial charge on any atom is -0.504 e. The number of H-pyrrole nitrogens is 1. The SMILES string of the molecule is CCOc1cc(CN2CCC(n3c(=O)[nH]c4cc(C(=O)O)ccc43)CC2)ccc1O. The van der Waals surface area contributed by atoms with E-state index in [1.807, 2.05) is 19.1 Å². The molecule has 0 unspecified atom stereocenters. The van der Waals surface area contributed by atoms with E-state index in [0.29, 0.717) is 17.9 Å². The number of piperidine rings is 1. The summed E-state index contributed by atoms with van der Waals surface area (Å²) in [6, 6.07) is 10.2. The lowest BCUT2D eigenvalue weighted by molar-refractivity contribution is 0.0697. The number of aromatic amines is 1. The van der Waals surface area contributed by atoms with Crippen molar-refractivity contribution in [2.24, 2.45) is 0 Å². The van der Waals surface area contributed by atoms with Gasteiger partial charge in [-0.25, -0.2) is 9.59 Å². The number of ether oxygens (including phenoxy) is 1. The first-order valence-corrected chi connectivity index (χ1v) is 10.1. The molecule has 1 fully saturated rings. The largest absolute Gasteiger partial charge is 0.504 e. The van der Waals surface area contributed by atoms with Gasteiger partial charge in [-0.3, -0.25) is 9.47 Å². The number of likely N-dealkylation sites (tertiary alicyclic amines) is 1. The third-order valence-corrected chi connectivity index (χ3v) is 5.62. The Morgan fingerprint density at radius 2 is 1.97 bits per heavy atom. The quantitative estimate of drug-likeness (QED) is 0.576. The number of nitrogens with zero attached hydrogens (tertiary/aromatic N) is 2. The average molecular weight is 411 g/mol. The molecule has 8 nitrogen and oxygen atoms in total. The summed E-state index contributed by atoms with van der Waals surface area (Å²) in [6.45, 7) is 4.79. The van der Waals surface area contributed by atoms with Crippen molar-refractivity contribution in [2.45, 2.75) is 32.4 Å². The summed E-state index contributed by atoms with van der Waals surface area (Å²) in [5, 5.41) is 19.0. The third-order valence-electron chi connectivity index (χ3n) is 5.62. The molecule has 0 radical (unpaired) electrons. The van der Waals surface area contributed by atoms with E-state index in [4.69, 9.17) is 9.84 Å². The Kier molecular flexibility index (Phi) is 5.50. The van der Waals surface area contributed by atoms with Gasteiger partial charge in [0.1, 0.15) is 0 Å². The number of carbonyl (C=O) groups is 1. The number of rotatable bonds is 6. The first kappa shape index (κ1) is 20.0. The first-order chi connectivity index (χ1) is 14.5. The van der Waals surface area contributed by atoms with E-state index in [0.717, 1.165) is 43.6 Å². The second kappa shape index (κ2) is 8.23. The molecule has 0 spiro atoms. The molecule has 0 aliphatic carbocycles. The van der Waals surface area contributed by atoms with E-state index >= 15 is 0 Å². The molecule has 0 saturated carbocycles. The molecule has 1 saturated heterocycles. The van der Waals surface area contributed by atoms with Gasteiger partial charge in [-0.05, 0) is 55.7 Å². The number of benzene rings is 2. The highest BCUT2D eigenvalue weighted by molar-refractivity contribution is 5.92. The van der Waals surface area contributed by atoms with Crippen molar-refractivity contribution in [2.75, 3.05) is 19.7 Å². The summed E-state index contributed by atoms with van der Waals surface area (Å²) < 4.78 is 7.22. The van der Waals surface area contributed by atoms with E-state index in [1.165, 1.54) is 12.1 Å². The molecular formula is C22H25N3O5. The molecule has 0 amide bonds. The fourth-order valence-electron chi connectivity index (χ4n) is 4.15. The monoisotopic (exact) mass is 411 g/mol. The van der Waals surface area contributed by atoms with E-state index in [2.05, 4.69) is 9.88 Å². The maximum Gasteiger partial charge on any atom is 0.335 e. The number of carboxylic acids is 1. The number of phenols is 1. The number of carboxylic acid groups (broad SMARTS) is 1. The molecule has 3 N–H and O–H groups in total. The number of imidazole rings is 1. The number of hydrogen-bond donors (Lipinski definition) is 3. The zero-order valence-corrected chi connectivity index (χ0v) is 16.8. The maximum absolute atomic E-state index is 12.5. The number of aromatic hydroxyl groups is 1. The molecule has 2 aromatic carbocycles. The van der Waals surface area contributed by atoms with Gasteiger partial charge in [0.2, 0.25) is 0 Å². The van der Waals surface area contributed by atoms with Crippen LogP contribution < -0.4 is 10.4 Å². The van der Waals surface area contributed by atoms with Crippen LogP contribution in [0.15, 0.2) is 41.2 Å². The minimum atomic E-state index is -1.01. The molecule has 1 aliphatic heterocycles. The Bertz CT molecular complexity index is 1130. The Hall–Kier alpha value is -3.26. The van der Waals surface area contributed by atoms with Crippen LogP contribution in [0.3, 0.4) is 0 Å². The van der Waals surface area contributed by atoms with Crippen LogP contribution in [-0.4, -0.2) is 50.3 Å². The lowest BCUT2D eigenvalue weighted by Gasteiger charge is -2.32. The topological polar surface area (TPSA) is 108 Å². The molecule has 8 heteroatoms. The molecule has 1 aromatic heterocycles. The predicted molar refractivity (Wildman–Crippen MR) is 112 cm³/mol. The molecule has 0 atom stereocenters. The van der Waals surface area contributed by atoms with Crippen molar-refractivity contribution in [1.29, 1.82) is 0 Å². The fraction of sp³-hybridized carbons (Fsp3) is 0.364. The normalized spacial score (nSPS) is 15.5. The van der Waals surface area contributed by atoms with Gasteiger partial charge in [0.15, 0.2) is 11.5 Å². The van der Waals surface area contributed by atoms with Crippen LogP contribution in [0.5, 0.6) is 11.5 Å². The van der Waals surface area contributed by atoms with Gasteiger partial charge in [-0.1, -0.05) is 6.07 Å². The van der Waals surface area contributed by atoms with Crippen LogP contribution in [0.2, 0.25) is 0 Å². The Labute approximate surface area is 173 Å². The zero-order valence-electron chi connectivity index (χ0n) is 16.8. The highest BCUT2D eigenvalue weighted by Gasteiger charge is 2.24. The number of fused-ring (bicyclic) bond motifs is 1. The fourth-order valence-corrected chi connectivity index (χ4v) is 4.15. The number of aromatic carboxylic acids is 1. The minimum absolute atomic E-state index is 0.0666. The number of aromatic nitrogens is 2. The number of nitrogens with one attached hydrogen (secondary N) is 1. The van der Waals surface area contributed by atoms with Crippen molar-refractivity contribution in [3.63, 3.8) is 0 Å². The maximum atomic E-state index is 12.5. The summed E-state index contributed by atoms with van der Waals surface area (Å²) in [6.07, 6.45) is 1.65. The van der Waals surface area contributed by atoms with Gasteiger partial charge < -0.3 is 19.9 Å². The first-order valence-electron chi connectivity index (χ1n) is 10.1. The van der Waals surface area contributed by atoms with E-state index in [-0.39, 0.29) is 23.0 Å². The van der Waals surface area contributed by atoms with Crippen LogP contribution in [0.4, 0.5) is 0 Å². The molecule has 30 heavy (non-hydrogen) atoms. The van der Waals surface area contributed by atoms with Gasteiger partial charge in [-0.15, -0.1) is 0 Å². The Balaban J connectivity index is 1.46. The lowest BCUT2D eigenvalue weighted by Crippen LogP contribution is -2.36. The molecule has 2 heterocycles. The smallest absolute Gasteiger partial charge is 0.335 e. The highest BCUT2D eigenvalue weighted by Crippen LogP contribution is 2.29. The van der Waals surface area contributed by atoms with Gasteiger partial charge in [0.25, 0.3) is 0 Å². The molecule has 4 rings (SSSR count). The van der Waals surface area contributed by atoms with Crippen molar-refractivity contribution in [3.8, 4) is 11.5 Å². The van der Waals surface area contributed by atoms with Crippen LogP contribution >= 0.6 is 0 Å². The summed E-state index contributed by atoms with van der Waals surface area (Å²) in [4.78, 5) is 28.8. The van der Waals surface area contributed by atoms with Crippen molar-refractivity contribution in [1.82, 2.24) is 14.5 Å². The number of phenolic OH excluding ortho intramolecular Hbond substituents is 1. The summed E-state index contributed by atoms with van der Waals surface area (Å²) in [5.41, 5.74) is 2.32. The van der Waals surface area contributed by atoms with Gasteiger partial charge in [0, 0.05) is 25.7 Å². The molecule has 0 bridgehead atoms. The van der Waals surface area contributed by atoms with Gasteiger partial charge in [-0.2, -0.15) is 0 Å². The van der Waals surface area contributed by atoms with Gasteiger partial charge in [0.05, 0.1) is 23.2 Å². The standard InChI is InChI=1S/C22H25N3O5/c1-2-30-20-11-14(3-6-19(20)26)13-24-9-7-16(8-10-24)25-18-5-4-15(21(27)28)12-17(18)23-22(25)29/h3-6,11-12,16,26H,2,7-10,13H2,1H3,(H,23,29)(H,27,28). The van der Waals surface area contributed by atoms with Crippen LogP contribution in [0.25, 0.3) is 11.0 Å². The summed E-state index contributed by atoms with van der Waals surface area (Å²) in [5.74, 6) is -0.374. The summed E-state index contributed by atoms with van der Waals surface area (Å²) >= 11 is 0. The molecule has 1 aliphatic rings. The van der Waals surface area contributed by atoms with Crippen molar-refractivity contribution < 1.29 is 19.7 Å². The molecular weight excluding hydrogens is 386 g/mol. The van der Waals surface area contributed by atoms with Crippen LogP contribution in [-0.2, 0) is 6.54 Å². The van der Waals surface area contributed by atoms with E-state index < -0.39 is 5.97 Å². The van der Waals surface area contributed by atoms with Gasteiger partial charge >= 0.3 is 11.7 Å². The van der Waals surface area contributed by atoms with E-state index in [1.54, 1.807) is 16.7 Å². The Morgan fingerprint density at radius 1 is 1.20 bits per heavy atom. The average Bonchev–Trinajstić information content (AvgIpc) is 3.06. The van der Waals surface area contributed by atoms with Crippen molar-refractivity contribution >= 4 is 17.0 Å². The summed E-state index contributed by atoms with van der Waals surface area (Å²) in [7, 11) is 0. The predicted octanol–water partition coefficient (Wildman–Crippen LogP) is 2.97. The zero-order chi connectivity index (χ0) is 21.3. The second-order valence-corrected chi connectivity index (χ2v) is 7.58. The second-order valence-electron chi connectivity index (χ2n) is 7.58. The molecule has 3 aromatic rings. The van der Waals surface area contributed by atoms with Crippen LogP contribution in [0.1, 0.15) is 41.7 Å². The highest BCUT2D eigenvalue weighted by atomic mass is 16.5. The Morgan fingerprint density at radius 3 is 2.67 bits per heavy atom.